The van der Waals surface area contributed by atoms with Crippen molar-refractivity contribution in [2.24, 2.45) is 0 Å². The van der Waals surface area contributed by atoms with Crippen molar-refractivity contribution in [3.05, 3.63) is 34.8 Å². The van der Waals surface area contributed by atoms with Gasteiger partial charge in [-0.25, -0.2) is 0 Å². The molecule has 0 radical (unpaired) electrons. The summed E-state index contributed by atoms with van der Waals surface area (Å²) < 4.78 is 2.10. The quantitative estimate of drug-likeness (QED) is 0.766. The maximum absolute atomic E-state index is 5.69. The Labute approximate surface area is 83.2 Å². The fraction of sp³-hybridized carbons (Fsp3) is 0.100. The molecule has 0 fully saturated rings. The topological polar surface area (TPSA) is 38.9 Å². The van der Waals surface area contributed by atoms with Crippen molar-refractivity contribution >= 4 is 19.2 Å². The molecule has 1 aromatic heterocycles. The van der Waals surface area contributed by atoms with E-state index >= 15 is 0 Å². The molecule has 1 aromatic carbocycles. The number of benzene rings is 1. The molecule has 3 heteroatoms. The average molecular weight is 237 g/mol. The molecule has 2 N–H and O–H groups in total. The summed E-state index contributed by atoms with van der Waals surface area (Å²) in [6.45, 7) is 2.10. The SMILES string of the molecule is Cc1[se]c(N)nc1-c1ccccc1. The van der Waals surface area contributed by atoms with Gasteiger partial charge in [0.2, 0.25) is 0 Å². The number of aromatic nitrogens is 1. The van der Waals surface area contributed by atoms with Crippen molar-refractivity contribution in [3.63, 3.8) is 0 Å². The van der Waals surface area contributed by atoms with Crippen LogP contribution in [0, 0.1) is 6.92 Å². The predicted octanol–water partition coefficient (Wildman–Crippen LogP) is 1.70. The van der Waals surface area contributed by atoms with Gasteiger partial charge < -0.3 is 0 Å². The van der Waals surface area contributed by atoms with Crippen LogP contribution in [-0.4, -0.2) is 19.5 Å². The van der Waals surface area contributed by atoms with E-state index in [0.717, 1.165) is 10.4 Å². The van der Waals surface area contributed by atoms with Gasteiger partial charge in [-0.15, -0.1) is 0 Å². The number of anilines is 1. The zero-order valence-corrected chi connectivity index (χ0v) is 9.03. The molecule has 0 saturated heterocycles. The van der Waals surface area contributed by atoms with Gasteiger partial charge in [-0.05, 0) is 0 Å². The van der Waals surface area contributed by atoms with Crippen LogP contribution in [0.3, 0.4) is 0 Å². The second kappa shape index (κ2) is 3.36. The van der Waals surface area contributed by atoms with Gasteiger partial charge in [0.1, 0.15) is 0 Å². The van der Waals surface area contributed by atoms with Crippen LogP contribution in [0.1, 0.15) is 4.44 Å². The normalized spacial score (nSPS) is 10.2. The number of nitrogen functional groups attached to an aromatic ring is 1. The fourth-order valence-electron chi connectivity index (χ4n) is 1.28. The first-order valence-corrected chi connectivity index (χ1v) is 5.77. The Balaban J connectivity index is 2.53. The number of hydrogen-bond donors (Lipinski definition) is 1. The molecular formula is C10H10N2Se. The molecule has 13 heavy (non-hydrogen) atoms. The third-order valence-corrected chi connectivity index (χ3v) is 3.54. The molecule has 0 atom stereocenters. The first-order valence-electron chi connectivity index (χ1n) is 4.05. The third kappa shape index (κ3) is 1.67. The number of nitrogens with two attached hydrogens (primary N) is 1. The van der Waals surface area contributed by atoms with Gasteiger partial charge in [0.15, 0.2) is 0 Å². The minimum atomic E-state index is 0.269. The summed E-state index contributed by atoms with van der Waals surface area (Å²) in [5.74, 6) is 0. The Hall–Kier alpha value is -1.05. The van der Waals surface area contributed by atoms with Crippen molar-refractivity contribution < 1.29 is 0 Å². The summed E-state index contributed by atoms with van der Waals surface area (Å²) in [7, 11) is 0. The molecule has 0 bridgehead atoms. The van der Waals surface area contributed by atoms with Crippen LogP contribution in [-0.2, 0) is 0 Å². The van der Waals surface area contributed by atoms with Gasteiger partial charge in [-0.3, -0.25) is 0 Å². The zero-order chi connectivity index (χ0) is 9.26. The van der Waals surface area contributed by atoms with E-state index in [2.05, 4.69) is 24.0 Å². The molecule has 0 amide bonds. The van der Waals surface area contributed by atoms with E-state index in [0.29, 0.717) is 0 Å². The summed E-state index contributed by atoms with van der Waals surface area (Å²) in [5.41, 5.74) is 7.93. The van der Waals surface area contributed by atoms with Crippen molar-refractivity contribution in [2.75, 3.05) is 5.73 Å². The summed E-state index contributed by atoms with van der Waals surface area (Å²) >= 11 is 0.269. The molecule has 0 aliphatic carbocycles. The molecule has 1 heterocycles. The van der Waals surface area contributed by atoms with Crippen molar-refractivity contribution in [3.8, 4) is 11.3 Å². The van der Waals surface area contributed by atoms with Gasteiger partial charge in [0.25, 0.3) is 0 Å². The molecule has 0 aliphatic rings. The Bertz CT molecular complexity index is 406. The van der Waals surface area contributed by atoms with Crippen LogP contribution in [0.4, 0.5) is 4.69 Å². The number of nitrogens with zero attached hydrogens (tertiary/aromatic N) is 1. The number of hydrogen-bond acceptors (Lipinski definition) is 2. The second-order valence-corrected chi connectivity index (χ2v) is 5.41. The average Bonchev–Trinajstić information content (AvgIpc) is 2.47. The van der Waals surface area contributed by atoms with E-state index in [1.807, 2.05) is 18.2 Å². The summed E-state index contributed by atoms with van der Waals surface area (Å²) in [6, 6.07) is 10.2. The first-order chi connectivity index (χ1) is 6.27. The summed E-state index contributed by atoms with van der Waals surface area (Å²) in [4.78, 5) is 4.34. The van der Waals surface area contributed by atoms with Crippen LogP contribution >= 0.6 is 0 Å². The molecular weight excluding hydrogens is 227 g/mol. The number of aryl methyl sites for hydroxylation is 1. The molecule has 0 saturated carbocycles. The van der Waals surface area contributed by atoms with Gasteiger partial charge >= 0.3 is 82.9 Å². The molecule has 0 aliphatic heterocycles. The van der Waals surface area contributed by atoms with Crippen LogP contribution in [0.2, 0.25) is 0 Å². The first kappa shape index (κ1) is 8.54. The summed E-state index contributed by atoms with van der Waals surface area (Å²) in [5, 5.41) is 0. The zero-order valence-electron chi connectivity index (χ0n) is 7.32. The molecule has 0 spiro atoms. The molecule has 2 aromatic rings. The number of rotatable bonds is 1. The Kier molecular flexibility index (Phi) is 2.21. The van der Waals surface area contributed by atoms with Crippen molar-refractivity contribution in [1.29, 1.82) is 0 Å². The van der Waals surface area contributed by atoms with Crippen LogP contribution in [0.5, 0.6) is 0 Å². The van der Waals surface area contributed by atoms with Crippen LogP contribution in [0.15, 0.2) is 30.3 Å². The molecule has 2 rings (SSSR count). The van der Waals surface area contributed by atoms with Gasteiger partial charge in [-0.1, -0.05) is 0 Å². The Morgan fingerprint density at radius 3 is 2.46 bits per heavy atom. The predicted molar refractivity (Wildman–Crippen MR) is 55.8 cm³/mol. The maximum atomic E-state index is 5.69. The molecule has 0 unspecified atom stereocenters. The van der Waals surface area contributed by atoms with E-state index < -0.39 is 0 Å². The fourth-order valence-corrected chi connectivity index (χ4v) is 2.77. The Morgan fingerprint density at radius 1 is 1.23 bits per heavy atom. The van der Waals surface area contributed by atoms with Crippen LogP contribution < -0.4 is 5.73 Å². The van der Waals surface area contributed by atoms with Crippen LogP contribution in [0.25, 0.3) is 11.3 Å². The Morgan fingerprint density at radius 2 is 1.92 bits per heavy atom. The van der Waals surface area contributed by atoms with E-state index in [4.69, 9.17) is 5.73 Å². The second-order valence-electron chi connectivity index (χ2n) is 2.82. The van der Waals surface area contributed by atoms with Crippen molar-refractivity contribution in [1.82, 2.24) is 4.98 Å². The van der Waals surface area contributed by atoms with E-state index in [1.54, 1.807) is 0 Å². The monoisotopic (exact) mass is 238 g/mol. The third-order valence-electron chi connectivity index (χ3n) is 1.86. The molecule has 66 valence electrons. The minimum absolute atomic E-state index is 0.269. The summed E-state index contributed by atoms with van der Waals surface area (Å²) in [6.07, 6.45) is 0. The molecule has 2 nitrogen and oxygen atoms in total. The van der Waals surface area contributed by atoms with Gasteiger partial charge in [0.05, 0.1) is 0 Å². The standard InChI is InChI=1S/C10H10N2Se/c1-7-9(12-10(11)13-7)8-5-3-2-4-6-8/h2-6H,1H3,(H2,11,12). The van der Waals surface area contributed by atoms with E-state index in [-0.39, 0.29) is 14.5 Å². The van der Waals surface area contributed by atoms with Gasteiger partial charge in [0, 0.05) is 0 Å². The van der Waals surface area contributed by atoms with E-state index in [1.165, 1.54) is 10.0 Å². The van der Waals surface area contributed by atoms with Gasteiger partial charge in [-0.2, -0.15) is 0 Å². The van der Waals surface area contributed by atoms with Crippen molar-refractivity contribution in [2.45, 2.75) is 6.92 Å². The van der Waals surface area contributed by atoms with E-state index in [9.17, 15) is 0 Å².